The summed E-state index contributed by atoms with van der Waals surface area (Å²) in [6.45, 7) is 0.816. The third-order valence-electron chi connectivity index (χ3n) is 1.82. The quantitative estimate of drug-likeness (QED) is 0.685. The van der Waals surface area contributed by atoms with Crippen molar-refractivity contribution in [2.45, 2.75) is 0 Å². The van der Waals surface area contributed by atoms with Gasteiger partial charge in [-0.2, -0.15) is 0 Å². The van der Waals surface area contributed by atoms with Crippen molar-refractivity contribution in [3.63, 3.8) is 0 Å². The number of hydrogen-bond acceptors (Lipinski definition) is 2. The first-order valence-electron chi connectivity index (χ1n) is 4.08. The molecule has 0 saturated heterocycles. The fourth-order valence-electron chi connectivity index (χ4n) is 1.19. The van der Waals surface area contributed by atoms with Gasteiger partial charge >= 0.3 is 0 Å². The molecule has 1 aromatic rings. The molecule has 1 aliphatic heterocycles. The summed E-state index contributed by atoms with van der Waals surface area (Å²) < 4.78 is 1.93. The van der Waals surface area contributed by atoms with Crippen molar-refractivity contribution in [1.82, 2.24) is 3.93 Å². The average Bonchev–Trinajstić information content (AvgIpc) is 2.19. The molecule has 0 atom stereocenters. The van der Waals surface area contributed by atoms with Gasteiger partial charge in [0.1, 0.15) is 0 Å². The molecule has 1 aromatic carbocycles. The molecule has 2 rings (SSSR count). The lowest BCUT2D eigenvalue weighted by Gasteiger charge is -2.14. The first kappa shape index (κ1) is 8.51. The van der Waals surface area contributed by atoms with Gasteiger partial charge in [0.15, 0.2) is 0 Å². The highest BCUT2D eigenvalue weighted by Crippen LogP contribution is 2.19. The summed E-state index contributed by atoms with van der Waals surface area (Å²) in [5.41, 5.74) is 2.13. The third kappa shape index (κ3) is 1.98. The number of rotatable bonds is 1. The summed E-state index contributed by atoms with van der Waals surface area (Å²) in [7, 11) is 0. The maximum absolute atomic E-state index is 4.31. The third-order valence-corrected chi connectivity index (χ3v) is 2.31. The van der Waals surface area contributed by atoms with Crippen LogP contribution in [0.1, 0.15) is 5.56 Å². The Morgan fingerprint density at radius 1 is 1.23 bits per heavy atom. The molecular formula is C10H9BrN2. The number of hydrogen-bond donors (Lipinski definition) is 0. The minimum Gasteiger partial charge on any atom is -0.308 e. The first-order valence-corrected chi connectivity index (χ1v) is 4.79. The fourth-order valence-corrected chi connectivity index (χ4v) is 1.52. The fraction of sp³-hybridized carbons (Fsp3) is 0.100. The van der Waals surface area contributed by atoms with Crippen molar-refractivity contribution in [2.24, 2.45) is 4.99 Å². The average molecular weight is 237 g/mol. The molecule has 0 aliphatic carbocycles. The molecule has 0 spiro atoms. The van der Waals surface area contributed by atoms with E-state index in [0.717, 1.165) is 17.8 Å². The molecule has 1 heterocycles. The predicted octanol–water partition coefficient (Wildman–Crippen LogP) is 2.68. The smallest absolute Gasteiger partial charge is 0.0866 e. The SMILES string of the molecule is BrN1C=C(c2ccccc2)N=CC1. The Morgan fingerprint density at radius 3 is 2.69 bits per heavy atom. The van der Waals surface area contributed by atoms with Crippen LogP contribution < -0.4 is 0 Å². The highest BCUT2D eigenvalue weighted by Gasteiger charge is 2.04. The molecular weight excluding hydrogens is 228 g/mol. The predicted molar refractivity (Wildman–Crippen MR) is 58.5 cm³/mol. The van der Waals surface area contributed by atoms with Crippen molar-refractivity contribution in [3.8, 4) is 0 Å². The highest BCUT2D eigenvalue weighted by atomic mass is 79.9. The standard InChI is InChI=1S/C10H9BrN2/c11-13-7-6-12-10(8-13)9-4-2-1-3-5-9/h1-6,8H,7H2. The van der Waals surface area contributed by atoms with Crippen molar-refractivity contribution < 1.29 is 0 Å². The van der Waals surface area contributed by atoms with E-state index in [9.17, 15) is 0 Å². The van der Waals surface area contributed by atoms with Gasteiger partial charge in [-0.1, -0.05) is 30.3 Å². The topological polar surface area (TPSA) is 15.6 Å². The van der Waals surface area contributed by atoms with Crippen molar-refractivity contribution in [2.75, 3.05) is 6.54 Å². The Bertz CT molecular complexity index is 343. The summed E-state index contributed by atoms with van der Waals surface area (Å²) in [4.78, 5) is 4.31. The molecule has 0 fully saturated rings. The van der Waals surface area contributed by atoms with Crippen LogP contribution in [0.15, 0.2) is 41.5 Å². The van der Waals surface area contributed by atoms with Crippen LogP contribution in [0.3, 0.4) is 0 Å². The van der Waals surface area contributed by atoms with Crippen molar-refractivity contribution >= 4 is 28.1 Å². The zero-order valence-corrected chi connectivity index (χ0v) is 8.61. The first-order chi connectivity index (χ1) is 6.36. The lowest BCUT2D eigenvalue weighted by molar-refractivity contribution is 0.744. The van der Waals surface area contributed by atoms with Crippen LogP contribution in [0.25, 0.3) is 5.70 Å². The van der Waals surface area contributed by atoms with E-state index >= 15 is 0 Å². The maximum atomic E-state index is 4.31. The van der Waals surface area contributed by atoms with Crippen LogP contribution in [0, 0.1) is 0 Å². The maximum Gasteiger partial charge on any atom is 0.0866 e. The van der Waals surface area contributed by atoms with Gasteiger partial charge in [-0.05, 0) is 0 Å². The van der Waals surface area contributed by atoms with Gasteiger partial charge in [-0.15, -0.1) is 0 Å². The lowest BCUT2D eigenvalue weighted by Crippen LogP contribution is -2.10. The summed E-state index contributed by atoms with van der Waals surface area (Å²) in [5, 5.41) is 0. The molecule has 0 saturated carbocycles. The van der Waals surface area contributed by atoms with Gasteiger partial charge in [-0.3, -0.25) is 4.99 Å². The van der Waals surface area contributed by atoms with Gasteiger partial charge in [0.25, 0.3) is 0 Å². The number of halogens is 1. The zero-order valence-electron chi connectivity index (χ0n) is 7.02. The molecule has 2 nitrogen and oxygen atoms in total. The summed E-state index contributed by atoms with van der Waals surface area (Å²) in [6.07, 6.45) is 3.87. The van der Waals surface area contributed by atoms with E-state index in [1.165, 1.54) is 0 Å². The largest absolute Gasteiger partial charge is 0.308 e. The van der Waals surface area contributed by atoms with Crippen molar-refractivity contribution in [1.29, 1.82) is 0 Å². The molecule has 13 heavy (non-hydrogen) atoms. The van der Waals surface area contributed by atoms with E-state index in [0.29, 0.717) is 0 Å². The summed E-state index contributed by atoms with van der Waals surface area (Å²) >= 11 is 3.39. The van der Waals surface area contributed by atoms with E-state index in [2.05, 4.69) is 33.3 Å². The summed E-state index contributed by atoms with van der Waals surface area (Å²) in [6, 6.07) is 10.1. The van der Waals surface area contributed by atoms with Gasteiger partial charge in [-0.25, -0.2) is 0 Å². The molecule has 1 aliphatic rings. The molecule has 0 N–H and O–H groups in total. The second kappa shape index (κ2) is 3.75. The van der Waals surface area contributed by atoms with Gasteiger partial charge in [0, 0.05) is 34.1 Å². The zero-order chi connectivity index (χ0) is 9.10. The van der Waals surface area contributed by atoms with Gasteiger partial charge in [0.2, 0.25) is 0 Å². The Morgan fingerprint density at radius 2 is 2.00 bits per heavy atom. The molecule has 66 valence electrons. The lowest BCUT2D eigenvalue weighted by atomic mass is 10.2. The van der Waals surface area contributed by atoms with E-state index in [1.54, 1.807) is 0 Å². The number of nitrogens with zero attached hydrogens (tertiary/aromatic N) is 2. The Balaban J connectivity index is 2.32. The van der Waals surface area contributed by atoms with E-state index in [4.69, 9.17) is 0 Å². The molecule has 0 amide bonds. The monoisotopic (exact) mass is 236 g/mol. The van der Waals surface area contributed by atoms with E-state index in [1.807, 2.05) is 34.5 Å². The molecule has 0 bridgehead atoms. The Kier molecular flexibility index (Phi) is 2.45. The second-order valence-corrected chi connectivity index (χ2v) is 3.69. The minimum absolute atomic E-state index is 0.816. The molecule has 3 heteroatoms. The van der Waals surface area contributed by atoms with Gasteiger partial charge < -0.3 is 3.93 Å². The highest BCUT2D eigenvalue weighted by molar-refractivity contribution is 9.07. The number of benzene rings is 1. The molecule has 0 radical (unpaired) electrons. The Hall–Kier alpha value is -1.09. The normalized spacial score (nSPS) is 15.8. The van der Waals surface area contributed by atoms with Gasteiger partial charge in [0.05, 0.1) is 12.2 Å². The second-order valence-electron chi connectivity index (χ2n) is 2.77. The van der Waals surface area contributed by atoms with E-state index in [-0.39, 0.29) is 0 Å². The van der Waals surface area contributed by atoms with Crippen LogP contribution >= 0.6 is 16.1 Å². The number of aliphatic imine (C=N–C) groups is 1. The van der Waals surface area contributed by atoms with Crippen LogP contribution in [-0.2, 0) is 0 Å². The van der Waals surface area contributed by atoms with E-state index < -0.39 is 0 Å². The summed E-state index contributed by atoms with van der Waals surface area (Å²) in [5.74, 6) is 0. The van der Waals surface area contributed by atoms with Crippen LogP contribution in [-0.4, -0.2) is 16.7 Å². The van der Waals surface area contributed by atoms with Crippen molar-refractivity contribution in [3.05, 3.63) is 42.1 Å². The van der Waals surface area contributed by atoms with Crippen LogP contribution in [0.4, 0.5) is 0 Å². The van der Waals surface area contributed by atoms with Crippen LogP contribution in [0.2, 0.25) is 0 Å². The Labute approximate surface area is 85.9 Å². The molecule has 0 aromatic heterocycles. The van der Waals surface area contributed by atoms with Crippen LogP contribution in [0.5, 0.6) is 0 Å². The minimum atomic E-state index is 0.816. The molecule has 0 unspecified atom stereocenters.